The lowest BCUT2D eigenvalue weighted by Crippen LogP contribution is -2.43. The molecule has 1 saturated heterocycles. The van der Waals surface area contributed by atoms with E-state index in [4.69, 9.17) is 9.47 Å². The van der Waals surface area contributed by atoms with Crippen molar-refractivity contribution in [2.24, 2.45) is 0 Å². The van der Waals surface area contributed by atoms with Gasteiger partial charge in [-0.15, -0.1) is 0 Å². The molecule has 3 heteroatoms. The van der Waals surface area contributed by atoms with Crippen LogP contribution in [0.3, 0.4) is 0 Å². The highest BCUT2D eigenvalue weighted by Crippen LogP contribution is 2.28. The van der Waals surface area contributed by atoms with Crippen LogP contribution in [0, 0.1) is 0 Å². The van der Waals surface area contributed by atoms with Crippen LogP contribution < -0.4 is 0 Å². The van der Waals surface area contributed by atoms with Gasteiger partial charge in [0, 0.05) is 26.3 Å². The summed E-state index contributed by atoms with van der Waals surface area (Å²) >= 11 is 0. The van der Waals surface area contributed by atoms with Crippen LogP contribution in [0.4, 0.5) is 0 Å². The Balaban J connectivity index is 2.43. The molecular formula is C10H21NO2. The molecular weight excluding hydrogens is 166 g/mol. The summed E-state index contributed by atoms with van der Waals surface area (Å²) in [5.74, 6) is 0. The van der Waals surface area contributed by atoms with Gasteiger partial charge in [-0.25, -0.2) is 0 Å². The van der Waals surface area contributed by atoms with Gasteiger partial charge >= 0.3 is 0 Å². The minimum Gasteiger partial charge on any atom is -0.355 e. The number of hydrogen-bond donors (Lipinski definition) is 0. The predicted molar refractivity (Wildman–Crippen MR) is 52.7 cm³/mol. The SMILES string of the molecule is COC(CN1CCCC1(C)C)OC. The van der Waals surface area contributed by atoms with Crippen molar-refractivity contribution in [3.63, 3.8) is 0 Å². The maximum Gasteiger partial charge on any atom is 0.169 e. The summed E-state index contributed by atoms with van der Waals surface area (Å²) in [6, 6.07) is 0. The van der Waals surface area contributed by atoms with Gasteiger partial charge in [-0.2, -0.15) is 0 Å². The number of nitrogens with zero attached hydrogens (tertiary/aromatic N) is 1. The van der Waals surface area contributed by atoms with E-state index in [0.29, 0.717) is 5.54 Å². The molecule has 0 radical (unpaired) electrons. The summed E-state index contributed by atoms with van der Waals surface area (Å²) in [5.41, 5.74) is 0.315. The Morgan fingerprint density at radius 2 is 1.92 bits per heavy atom. The summed E-state index contributed by atoms with van der Waals surface area (Å²) in [4.78, 5) is 2.44. The first-order valence-corrected chi connectivity index (χ1v) is 4.91. The maximum atomic E-state index is 5.19. The van der Waals surface area contributed by atoms with Crippen molar-refractivity contribution in [1.82, 2.24) is 4.90 Å². The van der Waals surface area contributed by atoms with Gasteiger partial charge in [0.15, 0.2) is 6.29 Å². The fourth-order valence-electron chi connectivity index (χ4n) is 1.93. The molecule has 0 aliphatic carbocycles. The Hall–Kier alpha value is -0.120. The minimum absolute atomic E-state index is 0.0858. The number of methoxy groups -OCH3 is 2. The molecule has 0 saturated carbocycles. The molecule has 0 bridgehead atoms. The molecule has 1 aliphatic rings. The highest BCUT2D eigenvalue weighted by atomic mass is 16.7. The van der Waals surface area contributed by atoms with E-state index < -0.39 is 0 Å². The Bertz CT molecular complexity index is 155. The Morgan fingerprint density at radius 1 is 1.31 bits per heavy atom. The molecule has 1 fully saturated rings. The van der Waals surface area contributed by atoms with Gasteiger partial charge in [-0.3, -0.25) is 4.90 Å². The van der Waals surface area contributed by atoms with E-state index in [1.165, 1.54) is 12.8 Å². The van der Waals surface area contributed by atoms with Gasteiger partial charge in [-0.1, -0.05) is 0 Å². The van der Waals surface area contributed by atoms with E-state index in [0.717, 1.165) is 13.1 Å². The van der Waals surface area contributed by atoms with E-state index in [9.17, 15) is 0 Å². The van der Waals surface area contributed by atoms with Gasteiger partial charge in [0.25, 0.3) is 0 Å². The lowest BCUT2D eigenvalue weighted by atomic mass is 10.0. The molecule has 13 heavy (non-hydrogen) atoms. The van der Waals surface area contributed by atoms with Crippen molar-refractivity contribution in [1.29, 1.82) is 0 Å². The van der Waals surface area contributed by atoms with Crippen LogP contribution in [-0.4, -0.2) is 44.0 Å². The predicted octanol–water partition coefficient (Wildman–Crippen LogP) is 1.48. The molecule has 0 N–H and O–H groups in total. The molecule has 1 rings (SSSR count). The van der Waals surface area contributed by atoms with Crippen LogP contribution in [0.25, 0.3) is 0 Å². The van der Waals surface area contributed by atoms with Gasteiger partial charge in [0.2, 0.25) is 0 Å². The van der Waals surface area contributed by atoms with E-state index in [1.54, 1.807) is 14.2 Å². The third kappa shape index (κ3) is 2.66. The molecule has 78 valence electrons. The molecule has 1 aliphatic heterocycles. The first kappa shape index (κ1) is 11.0. The summed E-state index contributed by atoms with van der Waals surface area (Å²) in [5, 5.41) is 0. The standard InChI is InChI=1S/C10H21NO2/c1-10(2)6-5-7-11(10)8-9(12-3)13-4/h9H,5-8H2,1-4H3. The topological polar surface area (TPSA) is 21.7 Å². The van der Waals surface area contributed by atoms with Crippen molar-refractivity contribution < 1.29 is 9.47 Å². The van der Waals surface area contributed by atoms with Gasteiger partial charge in [-0.05, 0) is 33.2 Å². The summed E-state index contributed by atoms with van der Waals surface area (Å²) in [6.45, 7) is 6.60. The fourth-order valence-corrected chi connectivity index (χ4v) is 1.93. The van der Waals surface area contributed by atoms with Crippen molar-refractivity contribution in [2.45, 2.75) is 38.5 Å². The highest BCUT2D eigenvalue weighted by Gasteiger charge is 2.33. The summed E-state index contributed by atoms with van der Waals surface area (Å²) < 4.78 is 10.4. The second kappa shape index (κ2) is 4.40. The Labute approximate surface area is 81.0 Å². The molecule has 0 amide bonds. The lowest BCUT2D eigenvalue weighted by molar-refractivity contribution is -0.122. The number of rotatable bonds is 4. The van der Waals surface area contributed by atoms with Gasteiger partial charge < -0.3 is 9.47 Å². The van der Waals surface area contributed by atoms with E-state index in [2.05, 4.69) is 18.7 Å². The minimum atomic E-state index is -0.0858. The monoisotopic (exact) mass is 187 g/mol. The zero-order chi connectivity index (χ0) is 9.90. The normalized spacial score (nSPS) is 22.8. The van der Waals surface area contributed by atoms with Crippen LogP contribution in [0.2, 0.25) is 0 Å². The lowest BCUT2D eigenvalue weighted by Gasteiger charge is -2.33. The summed E-state index contributed by atoms with van der Waals surface area (Å²) in [6.07, 6.45) is 2.47. The molecule has 0 aromatic rings. The molecule has 0 aromatic heterocycles. The van der Waals surface area contributed by atoms with Crippen LogP contribution in [-0.2, 0) is 9.47 Å². The zero-order valence-corrected chi connectivity index (χ0v) is 9.17. The quantitative estimate of drug-likeness (QED) is 0.622. The van der Waals surface area contributed by atoms with Gasteiger partial charge in [0.05, 0.1) is 0 Å². The third-order valence-corrected chi connectivity index (χ3v) is 2.97. The van der Waals surface area contributed by atoms with E-state index >= 15 is 0 Å². The Morgan fingerprint density at radius 3 is 2.31 bits per heavy atom. The second-order valence-corrected chi connectivity index (χ2v) is 4.26. The molecule has 0 atom stereocenters. The highest BCUT2D eigenvalue weighted by molar-refractivity contribution is 4.87. The molecule has 1 heterocycles. The second-order valence-electron chi connectivity index (χ2n) is 4.26. The molecule has 3 nitrogen and oxygen atoms in total. The van der Waals surface area contributed by atoms with Crippen molar-refractivity contribution >= 4 is 0 Å². The fraction of sp³-hybridized carbons (Fsp3) is 1.00. The van der Waals surface area contributed by atoms with Crippen molar-refractivity contribution in [3.8, 4) is 0 Å². The van der Waals surface area contributed by atoms with Crippen molar-refractivity contribution in [2.75, 3.05) is 27.3 Å². The third-order valence-electron chi connectivity index (χ3n) is 2.97. The van der Waals surface area contributed by atoms with Crippen LogP contribution in [0.15, 0.2) is 0 Å². The Kier molecular flexibility index (Phi) is 3.71. The van der Waals surface area contributed by atoms with Crippen LogP contribution >= 0.6 is 0 Å². The largest absolute Gasteiger partial charge is 0.355 e. The molecule has 0 unspecified atom stereocenters. The molecule has 0 aromatic carbocycles. The first-order chi connectivity index (χ1) is 6.10. The average molecular weight is 187 g/mol. The zero-order valence-electron chi connectivity index (χ0n) is 9.17. The number of hydrogen-bond acceptors (Lipinski definition) is 3. The van der Waals surface area contributed by atoms with Crippen LogP contribution in [0.1, 0.15) is 26.7 Å². The summed E-state index contributed by atoms with van der Waals surface area (Å²) in [7, 11) is 3.38. The average Bonchev–Trinajstić information content (AvgIpc) is 2.41. The van der Waals surface area contributed by atoms with E-state index in [1.807, 2.05) is 0 Å². The number of likely N-dealkylation sites (tertiary alicyclic amines) is 1. The van der Waals surface area contributed by atoms with Gasteiger partial charge in [0.1, 0.15) is 0 Å². The molecule has 0 spiro atoms. The first-order valence-electron chi connectivity index (χ1n) is 4.91. The smallest absolute Gasteiger partial charge is 0.169 e. The van der Waals surface area contributed by atoms with Crippen molar-refractivity contribution in [3.05, 3.63) is 0 Å². The maximum absolute atomic E-state index is 5.19. The van der Waals surface area contributed by atoms with Crippen LogP contribution in [0.5, 0.6) is 0 Å². The van der Waals surface area contributed by atoms with E-state index in [-0.39, 0.29) is 6.29 Å². The number of ether oxygens (including phenoxy) is 2.